The fraction of sp³-hybridized carbons (Fsp3) is 0.769. The lowest BCUT2D eigenvalue weighted by molar-refractivity contribution is 0.312. The van der Waals surface area contributed by atoms with Gasteiger partial charge in [0.25, 0.3) is 0 Å². The van der Waals surface area contributed by atoms with Crippen molar-refractivity contribution in [2.24, 2.45) is 12.5 Å². The summed E-state index contributed by atoms with van der Waals surface area (Å²) in [5, 5.41) is 7.67. The van der Waals surface area contributed by atoms with Gasteiger partial charge in [-0.25, -0.2) is 0 Å². The predicted octanol–water partition coefficient (Wildman–Crippen LogP) is 2.60. The van der Waals surface area contributed by atoms with Crippen LogP contribution in [0.3, 0.4) is 0 Å². The normalized spacial score (nSPS) is 12.0. The molecule has 0 radical (unpaired) electrons. The van der Waals surface area contributed by atoms with Crippen molar-refractivity contribution in [1.82, 2.24) is 15.1 Å². The van der Waals surface area contributed by atoms with Gasteiger partial charge in [-0.15, -0.1) is 11.6 Å². The third-order valence-corrected chi connectivity index (χ3v) is 3.34. The smallest absolute Gasteiger partial charge is 0.0492 e. The molecule has 4 heteroatoms. The maximum Gasteiger partial charge on any atom is 0.0492 e. The molecule has 17 heavy (non-hydrogen) atoms. The summed E-state index contributed by atoms with van der Waals surface area (Å²) in [4.78, 5) is 0. The Labute approximate surface area is 110 Å². The van der Waals surface area contributed by atoms with Gasteiger partial charge in [-0.2, -0.15) is 5.10 Å². The highest BCUT2D eigenvalue weighted by atomic mass is 35.5. The fourth-order valence-electron chi connectivity index (χ4n) is 1.92. The first-order valence-electron chi connectivity index (χ1n) is 6.29. The van der Waals surface area contributed by atoms with Gasteiger partial charge in [-0.1, -0.05) is 13.8 Å². The number of rotatable bonds is 8. The van der Waals surface area contributed by atoms with E-state index in [9.17, 15) is 0 Å². The summed E-state index contributed by atoms with van der Waals surface area (Å²) in [5.41, 5.74) is 1.61. The molecule has 0 saturated heterocycles. The molecule has 98 valence electrons. The van der Waals surface area contributed by atoms with Crippen molar-refractivity contribution in [3.63, 3.8) is 0 Å². The van der Waals surface area contributed by atoms with E-state index in [0.29, 0.717) is 5.41 Å². The topological polar surface area (TPSA) is 29.9 Å². The van der Waals surface area contributed by atoms with E-state index in [1.807, 2.05) is 17.9 Å². The number of halogens is 1. The van der Waals surface area contributed by atoms with E-state index in [1.165, 1.54) is 12.1 Å². The van der Waals surface area contributed by atoms with Crippen LogP contribution in [0.15, 0.2) is 12.3 Å². The second-order valence-corrected chi connectivity index (χ2v) is 5.71. The number of hydrogen-bond acceptors (Lipinski definition) is 2. The van der Waals surface area contributed by atoms with Gasteiger partial charge in [-0.05, 0) is 24.3 Å². The molecular formula is C13H24ClN3. The van der Waals surface area contributed by atoms with Crippen molar-refractivity contribution < 1.29 is 0 Å². The van der Waals surface area contributed by atoms with Crippen molar-refractivity contribution in [3.8, 4) is 0 Å². The van der Waals surface area contributed by atoms with Crippen LogP contribution in [0.25, 0.3) is 0 Å². The van der Waals surface area contributed by atoms with Crippen LogP contribution in [0, 0.1) is 5.41 Å². The van der Waals surface area contributed by atoms with Gasteiger partial charge in [0.2, 0.25) is 0 Å². The molecule has 0 amide bonds. The van der Waals surface area contributed by atoms with Crippen molar-refractivity contribution >= 4 is 11.6 Å². The molecule has 1 aromatic heterocycles. The maximum atomic E-state index is 5.72. The van der Waals surface area contributed by atoms with E-state index in [1.54, 1.807) is 0 Å². The molecule has 1 heterocycles. The lowest BCUT2D eigenvalue weighted by Crippen LogP contribution is -2.31. The molecule has 1 aromatic rings. The Morgan fingerprint density at radius 2 is 2.24 bits per heavy atom. The second kappa shape index (κ2) is 7.02. The van der Waals surface area contributed by atoms with E-state index in [-0.39, 0.29) is 0 Å². The first-order valence-corrected chi connectivity index (χ1v) is 6.82. The molecule has 0 unspecified atom stereocenters. The first kappa shape index (κ1) is 14.5. The Balaban J connectivity index is 2.17. The average Bonchev–Trinajstić information content (AvgIpc) is 2.68. The summed E-state index contributed by atoms with van der Waals surface area (Å²) >= 11 is 5.72. The van der Waals surface area contributed by atoms with Crippen LogP contribution in [-0.4, -0.2) is 28.8 Å². The zero-order valence-electron chi connectivity index (χ0n) is 11.2. The summed E-state index contributed by atoms with van der Waals surface area (Å²) in [5.74, 6) is 0.762. The van der Waals surface area contributed by atoms with Crippen LogP contribution >= 0.6 is 11.6 Å². The third-order valence-electron chi connectivity index (χ3n) is 3.07. The number of hydrogen-bond donors (Lipinski definition) is 1. The van der Waals surface area contributed by atoms with Crippen LogP contribution < -0.4 is 5.32 Å². The molecule has 0 atom stereocenters. The van der Waals surface area contributed by atoms with Crippen LogP contribution in [-0.2, 0) is 13.5 Å². The minimum Gasteiger partial charge on any atom is -0.316 e. The van der Waals surface area contributed by atoms with Gasteiger partial charge in [0.15, 0.2) is 0 Å². The minimum absolute atomic E-state index is 0.335. The number of nitrogens with zero attached hydrogens (tertiary/aromatic N) is 2. The molecule has 3 nitrogen and oxygen atoms in total. The predicted molar refractivity (Wildman–Crippen MR) is 73.5 cm³/mol. The Morgan fingerprint density at radius 1 is 1.47 bits per heavy atom. The maximum absolute atomic E-state index is 5.72. The monoisotopic (exact) mass is 257 g/mol. The van der Waals surface area contributed by atoms with Crippen LogP contribution in [0.2, 0.25) is 0 Å². The summed E-state index contributed by atoms with van der Waals surface area (Å²) in [6.07, 6.45) is 5.15. The summed E-state index contributed by atoms with van der Waals surface area (Å²) < 4.78 is 1.93. The largest absolute Gasteiger partial charge is 0.316 e. The van der Waals surface area contributed by atoms with Gasteiger partial charge in [-0.3, -0.25) is 4.68 Å². The summed E-state index contributed by atoms with van der Waals surface area (Å²) in [7, 11) is 1.99. The Hall–Kier alpha value is -0.540. The van der Waals surface area contributed by atoms with Gasteiger partial charge < -0.3 is 5.32 Å². The fourth-order valence-corrected chi connectivity index (χ4v) is 2.06. The zero-order chi connectivity index (χ0) is 12.7. The number of aromatic nitrogens is 2. The lowest BCUT2D eigenvalue weighted by atomic mass is 9.88. The van der Waals surface area contributed by atoms with Gasteiger partial charge in [0.1, 0.15) is 0 Å². The van der Waals surface area contributed by atoms with Crippen molar-refractivity contribution in [2.45, 2.75) is 33.1 Å². The lowest BCUT2D eigenvalue weighted by Gasteiger charge is -2.24. The van der Waals surface area contributed by atoms with Crippen LogP contribution in [0.4, 0.5) is 0 Å². The van der Waals surface area contributed by atoms with E-state index in [0.717, 1.165) is 31.8 Å². The summed E-state index contributed by atoms with van der Waals surface area (Å²) in [6.45, 7) is 6.62. The third kappa shape index (κ3) is 5.55. The van der Waals surface area contributed by atoms with E-state index in [4.69, 9.17) is 11.6 Å². The van der Waals surface area contributed by atoms with E-state index < -0.39 is 0 Å². The highest BCUT2D eigenvalue weighted by Crippen LogP contribution is 2.21. The molecule has 0 aliphatic heterocycles. The molecule has 0 saturated carbocycles. The SMILES string of the molecule is Cn1nccc1CCNCC(C)(C)CCCCl. The number of nitrogens with one attached hydrogen (secondary N) is 1. The van der Waals surface area contributed by atoms with Crippen molar-refractivity contribution in [1.29, 1.82) is 0 Å². The van der Waals surface area contributed by atoms with Crippen molar-refractivity contribution in [3.05, 3.63) is 18.0 Å². The van der Waals surface area contributed by atoms with Gasteiger partial charge >= 0.3 is 0 Å². The van der Waals surface area contributed by atoms with E-state index in [2.05, 4.69) is 30.3 Å². The molecule has 0 aromatic carbocycles. The number of aryl methyl sites for hydroxylation is 1. The first-order chi connectivity index (χ1) is 8.05. The standard InChI is InChI=1S/C13H24ClN3/c1-13(2,7-4-8-14)11-15-9-5-12-6-10-16-17(12)3/h6,10,15H,4-5,7-9,11H2,1-3H3. The molecule has 1 N–H and O–H groups in total. The molecule has 0 fully saturated rings. The zero-order valence-corrected chi connectivity index (χ0v) is 11.9. The van der Waals surface area contributed by atoms with Crippen LogP contribution in [0.5, 0.6) is 0 Å². The summed E-state index contributed by atoms with van der Waals surface area (Å²) in [6, 6.07) is 2.07. The molecule has 0 bridgehead atoms. The number of alkyl halides is 1. The Morgan fingerprint density at radius 3 is 2.82 bits per heavy atom. The van der Waals surface area contributed by atoms with Gasteiger partial charge in [0, 0.05) is 44.3 Å². The second-order valence-electron chi connectivity index (χ2n) is 5.33. The molecule has 0 aliphatic carbocycles. The van der Waals surface area contributed by atoms with Crippen molar-refractivity contribution in [2.75, 3.05) is 19.0 Å². The molecule has 1 rings (SSSR count). The molecular weight excluding hydrogens is 234 g/mol. The highest BCUT2D eigenvalue weighted by molar-refractivity contribution is 6.17. The van der Waals surface area contributed by atoms with E-state index >= 15 is 0 Å². The molecule has 0 aliphatic rings. The Bertz CT molecular complexity index is 320. The molecule has 0 spiro atoms. The highest BCUT2D eigenvalue weighted by Gasteiger charge is 2.16. The quantitative estimate of drug-likeness (QED) is 0.573. The minimum atomic E-state index is 0.335. The average molecular weight is 258 g/mol. The van der Waals surface area contributed by atoms with Crippen LogP contribution in [0.1, 0.15) is 32.4 Å². The Kier molecular flexibility index (Phi) is 6.00. The van der Waals surface area contributed by atoms with Gasteiger partial charge in [0.05, 0.1) is 0 Å².